The molecule has 0 unspecified atom stereocenters. The van der Waals surface area contributed by atoms with Crippen molar-refractivity contribution in [1.82, 2.24) is 9.62 Å². The van der Waals surface area contributed by atoms with Crippen molar-refractivity contribution >= 4 is 21.8 Å². The molecule has 0 radical (unpaired) electrons. The van der Waals surface area contributed by atoms with Crippen LogP contribution in [0.15, 0.2) is 29.2 Å². The van der Waals surface area contributed by atoms with Crippen molar-refractivity contribution in [3.63, 3.8) is 0 Å². The van der Waals surface area contributed by atoms with E-state index in [9.17, 15) is 31.2 Å². The highest BCUT2D eigenvalue weighted by Gasteiger charge is 2.34. The maximum atomic E-state index is 12.5. The number of nitrogens with one attached hydrogen (secondary N) is 1. The number of halogens is 3. The topological polar surface area (TPSA) is 83.6 Å². The maximum Gasteiger partial charge on any atom is 0.416 e. The zero-order chi connectivity index (χ0) is 16.5. The van der Waals surface area contributed by atoms with Crippen molar-refractivity contribution in [2.45, 2.75) is 17.5 Å². The van der Waals surface area contributed by atoms with Crippen molar-refractivity contribution in [2.75, 3.05) is 13.1 Å². The minimum atomic E-state index is -4.59. The predicted octanol–water partition coefficient (Wildman–Crippen LogP) is 0.743. The number of alkyl halides is 3. The van der Waals surface area contributed by atoms with E-state index in [2.05, 4.69) is 5.32 Å². The third-order valence-electron chi connectivity index (χ3n) is 3.03. The second-order valence-electron chi connectivity index (χ2n) is 4.52. The molecule has 1 aromatic carbocycles. The number of rotatable bonds is 2. The Labute approximate surface area is 124 Å². The van der Waals surface area contributed by atoms with Crippen molar-refractivity contribution in [3.05, 3.63) is 29.8 Å². The fraction of sp³-hybridized carbons (Fsp3) is 0.333. The van der Waals surface area contributed by atoms with Gasteiger partial charge < -0.3 is 5.32 Å². The number of nitrogens with zero attached hydrogens (tertiary/aromatic N) is 1. The van der Waals surface area contributed by atoms with Crippen LogP contribution in [-0.4, -0.2) is 37.6 Å². The molecule has 1 aromatic rings. The molecule has 0 bridgehead atoms. The predicted molar refractivity (Wildman–Crippen MR) is 68.0 cm³/mol. The molecule has 22 heavy (non-hydrogen) atoms. The lowest BCUT2D eigenvalue weighted by atomic mass is 10.2. The molecule has 0 aromatic heterocycles. The van der Waals surface area contributed by atoms with E-state index in [1.54, 1.807) is 0 Å². The zero-order valence-electron chi connectivity index (χ0n) is 11.1. The third kappa shape index (κ3) is 3.21. The Morgan fingerprint density at radius 3 is 2.23 bits per heavy atom. The number of carbonyl (C=O) groups excluding carboxylic acids is 2. The van der Waals surface area contributed by atoms with Crippen molar-refractivity contribution in [3.8, 4) is 0 Å². The number of benzene rings is 1. The van der Waals surface area contributed by atoms with E-state index in [-0.39, 0.29) is 13.0 Å². The van der Waals surface area contributed by atoms with Crippen LogP contribution in [0.3, 0.4) is 0 Å². The molecule has 1 aliphatic rings. The molecule has 120 valence electrons. The molecule has 6 nitrogen and oxygen atoms in total. The van der Waals surface area contributed by atoms with Gasteiger partial charge in [0.2, 0.25) is 5.91 Å². The molecule has 1 aliphatic heterocycles. The van der Waals surface area contributed by atoms with Gasteiger partial charge in [-0.25, -0.2) is 12.7 Å². The van der Waals surface area contributed by atoms with Gasteiger partial charge in [0.1, 0.15) is 0 Å². The summed E-state index contributed by atoms with van der Waals surface area (Å²) in [6.07, 6.45) is -4.79. The number of carbonyl (C=O) groups is 2. The highest BCUT2D eigenvalue weighted by atomic mass is 32.2. The Kier molecular flexibility index (Phi) is 4.14. The lowest BCUT2D eigenvalue weighted by Crippen LogP contribution is -2.39. The minimum absolute atomic E-state index is 0.203. The van der Waals surface area contributed by atoms with Gasteiger partial charge in [0.15, 0.2) is 0 Å². The summed E-state index contributed by atoms with van der Waals surface area (Å²) in [7, 11) is -4.30. The van der Waals surface area contributed by atoms with Crippen molar-refractivity contribution < 1.29 is 31.2 Å². The second-order valence-corrected chi connectivity index (χ2v) is 6.38. The van der Waals surface area contributed by atoms with E-state index in [0.717, 1.165) is 12.1 Å². The Hall–Kier alpha value is -2.10. The molecule has 0 atom stereocenters. The SMILES string of the molecule is O=C1CCN(S(=O)(=O)c2ccc(C(F)(F)F)cc2)C(=O)CN1. The van der Waals surface area contributed by atoms with Crippen LogP contribution in [0.5, 0.6) is 0 Å². The summed E-state index contributed by atoms with van der Waals surface area (Å²) in [5.74, 6) is -1.32. The van der Waals surface area contributed by atoms with E-state index in [0.29, 0.717) is 16.4 Å². The molecule has 1 N–H and O–H groups in total. The normalized spacial score (nSPS) is 17.1. The summed E-state index contributed by atoms with van der Waals surface area (Å²) in [6.45, 7) is -0.827. The smallest absolute Gasteiger partial charge is 0.347 e. The van der Waals surface area contributed by atoms with Gasteiger partial charge in [-0.15, -0.1) is 0 Å². The minimum Gasteiger partial charge on any atom is -0.347 e. The summed E-state index contributed by atoms with van der Waals surface area (Å²) >= 11 is 0. The number of hydrogen-bond acceptors (Lipinski definition) is 4. The first-order valence-corrected chi connectivity index (χ1v) is 7.56. The Morgan fingerprint density at radius 1 is 1.09 bits per heavy atom. The monoisotopic (exact) mass is 336 g/mol. The first kappa shape index (κ1) is 16.3. The lowest BCUT2D eigenvalue weighted by molar-refractivity contribution is -0.137. The van der Waals surface area contributed by atoms with E-state index >= 15 is 0 Å². The zero-order valence-corrected chi connectivity index (χ0v) is 11.9. The standard InChI is InChI=1S/C12H11F3N2O4S/c13-12(14,15)8-1-3-9(4-2-8)22(20,21)17-6-5-10(18)16-7-11(17)19/h1-4H,5-7H2,(H,16,18). The van der Waals surface area contributed by atoms with E-state index in [1.807, 2.05) is 0 Å². The molecule has 2 rings (SSSR count). The van der Waals surface area contributed by atoms with Gasteiger partial charge in [0.25, 0.3) is 15.9 Å². The van der Waals surface area contributed by atoms with Gasteiger partial charge in [0, 0.05) is 13.0 Å². The first-order valence-electron chi connectivity index (χ1n) is 6.12. The molecular weight excluding hydrogens is 325 g/mol. The summed E-state index contributed by atoms with van der Waals surface area (Å²) in [6, 6.07) is 2.81. The van der Waals surface area contributed by atoms with E-state index in [1.165, 1.54) is 0 Å². The Balaban J connectivity index is 2.33. The van der Waals surface area contributed by atoms with Crippen LogP contribution in [0.25, 0.3) is 0 Å². The van der Waals surface area contributed by atoms with Gasteiger partial charge in [0.05, 0.1) is 17.0 Å². The van der Waals surface area contributed by atoms with Crippen molar-refractivity contribution in [1.29, 1.82) is 0 Å². The number of hydrogen-bond donors (Lipinski definition) is 1. The number of sulfonamides is 1. The van der Waals surface area contributed by atoms with E-state index < -0.39 is 45.0 Å². The summed E-state index contributed by atoms with van der Waals surface area (Å²) in [5, 5.41) is 2.23. The van der Waals surface area contributed by atoms with Crippen LogP contribution < -0.4 is 5.32 Å². The first-order chi connectivity index (χ1) is 10.1. The molecule has 1 saturated heterocycles. The van der Waals surface area contributed by atoms with Gasteiger partial charge in [-0.3, -0.25) is 9.59 Å². The molecule has 1 heterocycles. The van der Waals surface area contributed by atoms with Gasteiger partial charge in [-0.1, -0.05) is 0 Å². The average Bonchev–Trinajstić information content (AvgIpc) is 2.60. The fourth-order valence-corrected chi connectivity index (χ4v) is 3.27. The van der Waals surface area contributed by atoms with Crippen molar-refractivity contribution in [2.24, 2.45) is 0 Å². The average molecular weight is 336 g/mol. The molecule has 1 fully saturated rings. The molecule has 0 saturated carbocycles. The summed E-state index contributed by atoms with van der Waals surface area (Å²) < 4.78 is 62.5. The quantitative estimate of drug-likeness (QED) is 0.864. The van der Waals surface area contributed by atoms with Crippen LogP contribution in [0.2, 0.25) is 0 Å². The number of amides is 2. The Morgan fingerprint density at radius 2 is 1.68 bits per heavy atom. The molecule has 10 heteroatoms. The maximum absolute atomic E-state index is 12.5. The van der Waals surface area contributed by atoms with E-state index in [4.69, 9.17) is 0 Å². The fourth-order valence-electron chi connectivity index (χ4n) is 1.88. The van der Waals surface area contributed by atoms with Gasteiger partial charge in [-0.05, 0) is 24.3 Å². The largest absolute Gasteiger partial charge is 0.416 e. The highest BCUT2D eigenvalue weighted by Crippen LogP contribution is 2.30. The van der Waals surface area contributed by atoms with Crippen LogP contribution in [0.4, 0.5) is 13.2 Å². The molecule has 0 spiro atoms. The summed E-state index contributed by atoms with van der Waals surface area (Å²) in [4.78, 5) is 22.5. The lowest BCUT2D eigenvalue weighted by Gasteiger charge is -2.20. The van der Waals surface area contributed by atoms with Crippen LogP contribution >= 0.6 is 0 Å². The third-order valence-corrected chi connectivity index (χ3v) is 4.86. The van der Waals surface area contributed by atoms with Crippen LogP contribution in [-0.2, 0) is 25.8 Å². The molecule has 2 amide bonds. The molecular formula is C12H11F3N2O4S. The Bertz CT molecular complexity index is 698. The van der Waals surface area contributed by atoms with Crippen LogP contribution in [0.1, 0.15) is 12.0 Å². The molecule has 0 aliphatic carbocycles. The summed E-state index contributed by atoms with van der Waals surface area (Å²) in [5.41, 5.74) is -0.995. The van der Waals surface area contributed by atoms with Crippen LogP contribution in [0, 0.1) is 0 Å². The van der Waals surface area contributed by atoms with Gasteiger partial charge in [-0.2, -0.15) is 13.2 Å². The highest BCUT2D eigenvalue weighted by molar-refractivity contribution is 7.89. The van der Waals surface area contributed by atoms with Gasteiger partial charge >= 0.3 is 6.18 Å². The second kappa shape index (κ2) is 5.59.